The van der Waals surface area contributed by atoms with Crippen molar-refractivity contribution >= 4 is 29.1 Å². The normalized spacial score (nSPS) is 10.9. The number of nitro groups is 1. The third-order valence-electron chi connectivity index (χ3n) is 4.10. The number of carbonyl (C=O) groups excluding carboxylic acids is 2. The molecule has 2 aromatic rings. The monoisotopic (exact) mass is 429 g/mol. The molecular formula is C22H27N3O6. The molecule has 0 atom stereocenters. The predicted octanol–water partition coefficient (Wildman–Crippen LogP) is 4.55. The summed E-state index contributed by atoms with van der Waals surface area (Å²) in [6.07, 6.45) is -0.594. The van der Waals surface area contributed by atoms with Gasteiger partial charge in [-0.05, 0) is 57.5 Å². The van der Waals surface area contributed by atoms with Crippen LogP contribution in [0.5, 0.6) is 5.75 Å². The van der Waals surface area contributed by atoms with Gasteiger partial charge in [0.2, 0.25) is 5.91 Å². The van der Waals surface area contributed by atoms with Gasteiger partial charge in [0.1, 0.15) is 17.0 Å². The van der Waals surface area contributed by atoms with Crippen LogP contribution in [-0.2, 0) is 16.0 Å². The Balaban J connectivity index is 2.19. The number of hydrogen-bond donors (Lipinski definition) is 1. The number of benzene rings is 2. The molecule has 2 rings (SSSR count). The minimum Gasteiger partial charge on any atom is -0.494 e. The molecule has 0 spiro atoms. The fourth-order valence-corrected chi connectivity index (χ4v) is 2.68. The molecule has 1 N–H and O–H groups in total. The van der Waals surface area contributed by atoms with E-state index in [9.17, 15) is 19.7 Å². The predicted molar refractivity (Wildman–Crippen MR) is 118 cm³/mol. The highest BCUT2D eigenvalue weighted by atomic mass is 16.6. The lowest BCUT2D eigenvalue weighted by molar-refractivity contribution is -0.383. The molecule has 0 unspecified atom stereocenters. The first-order chi connectivity index (χ1) is 14.5. The molecule has 0 aliphatic rings. The molecule has 2 aromatic carbocycles. The summed E-state index contributed by atoms with van der Waals surface area (Å²) in [5.74, 6) is 0.268. The Labute approximate surface area is 181 Å². The lowest BCUT2D eigenvalue weighted by atomic mass is 10.1. The van der Waals surface area contributed by atoms with E-state index in [-0.39, 0.29) is 17.8 Å². The second-order valence-electron chi connectivity index (χ2n) is 7.80. The fraction of sp³-hybridized carbons (Fsp3) is 0.364. The molecule has 0 radical (unpaired) electrons. The highest BCUT2D eigenvalue weighted by molar-refractivity contribution is 5.96. The van der Waals surface area contributed by atoms with Crippen molar-refractivity contribution in [3.05, 3.63) is 58.1 Å². The maximum atomic E-state index is 12.5. The molecule has 2 amide bonds. The zero-order valence-corrected chi connectivity index (χ0v) is 18.3. The van der Waals surface area contributed by atoms with Crippen molar-refractivity contribution in [2.24, 2.45) is 0 Å². The van der Waals surface area contributed by atoms with Crippen LogP contribution in [0.1, 0.15) is 33.3 Å². The van der Waals surface area contributed by atoms with Crippen LogP contribution < -0.4 is 15.0 Å². The van der Waals surface area contributed by atoms with Gasteiger partial charge in [-0.15, -0.1) is 0 Å². The molecule has 0 aliphatic carbocycles. The second-order valence-corrected chi connectivity index (χ2v) is 7.80. The first-order valence-corrected chi connectivity index (χ1v) is 9.77. The zero-order valence-electron chi connectivity index (χ0n) is 18.3. The maximum Gasteiger partial charge on any atom is 0.414 e. The van der Waals surface area contributed by atoms with E-state index in [0.29, 0.717) is 18.0 Å². The van der Waals surface area contributed by atoms with E-state index in [1.165, 1.54) is 30.1 Å². The largest absolute Gasteiger partial charge is 0.494 e. The standard InChI is InChI=1S/C22H27N3O6/c1-6-30-17-10-7-15(8-11-17)13-20(26)23-18-14-16(9-12-19(18)25(28)29)24(5)21(27)31-22(2,3)4/h7-12,14H,6,13H2,1-5H3,(H,23,26). The first-order valence-electron chi connectivity index (χ1n) is 9.77. The zero-order chi connectivity index (χ0) is 23.2. The first kappa shape index (κ1) is 23.7. The number of nitro benzene ring substituents is 1. The van der Waals surface area contributed by atoms with Crippen molar-refractivity contribution in [2.75, 3.05) is 23.9 Å². The van der Waals surface area contributed by atoms with Crippen LogP contribution in [0, 0.1) is 10.1 Å². The van der Waals surface area contributed by atoms with Gasteiger partial charge in [-0.25, -0.2) is 4.79 Å². The average molecular weight is 429 g/mol. The van der Waals surface area contributed by atoms with Gasteiger partial charge in [0.25, 0.3) is 5.69 Å². The van der Waals surface area contributed by atoms with Gasteiger partial charge in [-0.1, -0.05) is 12.1 Å². The number of carbonyl (C=O) groups is 2. The molecule has 0 aliphatic heterocycles. The Morgan fingerprint density at radius 3 is 2.32 bits per heavy atom. The summed E-state index contributed by atoms with van der Waals surface area (Å²) in [6.45, 7) is 7.63. The Hall–Kier alpha value is -3.62. The minimum atomic E-state index is -0.694. The van der Waals surface area contributed by atoms with Crippen LogP contribution in [0.2, 0.25) is 0 Å². The van der Waals surface area contributed by atoms with E-state index < -0.39 is 22.5 Å². The maximum absolute atomic E-state index is 12.5. The van der Waals surface area contributed by atoms with E-state index in [1.807, 2.05) is 6.92 Å². The number of amides is 2. The molecule has 9 nitrogen and oxygen atoms in total. The smallest absolute Gasteiger partial charge is 0.414 e. The van der Waals surface area contributed by atoms with Crippen molar-refractivity contribution in [1.29, 1.82) is 0 Å². The molecule has 0 fully saturated rings. The molecule has 31 heavy (non-hydrogen) atoms. The molecule has 0 aromatic heterocycles. The van der Waals surface area contributed by atoms with Crippen LogP contribution in [0.3, 0.4) is 0 Å². The van der Waals surface area contributed by atoms with Crippen LogP contribution in [0.15, 0.2) is 42.5 Å². The molecule has 9 heteroatoms. The summed E-state index contributed by atoms with van der Waals surface area (Å²) in [6, 6.07) is 11.1. The summed E-state index contributed by atoms with van der Waals surface area (Å²) in [5.41, 5.74) is 0.0954. The van der Waals surface area contributed by atoms with Crippen LogP contribution in [0.25, 0.3) is 0 Å². The van der Waals surface area contributed by atoms with Crippen molar-refractivity contribution in [2.45, 2.75) is 39.7 Å². The highest BCUT2D eigenvalue weighted by Gasteiger charge is 2.23. The highest BCUT2D eigenvalue weighted by Crippen LogP contribution is 2.30. The van der Waals surface area contributed by atoms with Gasteiger partial charge in [0.15, 0.2) is 0 Å². The third-order valence-corrected chi connectivity index (χ3v) is 4.10. The van der Waals surface area contributed by atoms with Gasteiger partial charge in [-0.2, -0.15) is 0 Å². The number of rotatable bonds is 7. The average Bonchev–Trinajstić information content (AvgIpc) is 2.67. The summed E-state index contributed by atoms with van der Waals surface area (Å²) in [4.78, 5) is 36.8. The van der Waals surface area contributed by atoms with Crippen LogP contribution >= 0.6 is 0 Å². The fourth-order valence-electron chi connectivity index (χ4n) is 2.68. The molecule has 0 saturated carbocycles. The van der Waals surface area contributed by atoms with Gasteiger partial charge < -0.3 is 14.8 Å². The van der Waals surface area contributed by atoms with Gasteiger partial charge in [-0.3, -0.25) is 19.8 Å². The molecule has 0 bridgehead atoms. The van der Waals surface area contributed by atoms with Gasteiger partial charge >= 0.3 is 6.09 Å². The molecule has 0 heterocycles. The van der Waals surface area contributed by atoms with E-state index >= 15 is 0 Å². The quantitative estimate of drug-likeness (QED) is 0.511. The Morgan fingerprint density at radius 2 is 1.77 bits per heavy atom. The van der Waals surface area contributed by atoms with Crippen molar-refractivity contribution in [3.8, 4) is 5.75 Å². The number of anilines is 2. The topological polar surface area (TPSA) is 111 Å². The summed E-state index contributed by atoms with van der Waals surface area (Å²) >= 11 is 0. The minimum absolute atomic E-state index is 0.00570. The summed E-state index contributed by atoms with van der Waals surface area (Å²) in [7, 11) is 1.49. The summed E-state index contributed by atoms with van der Waals surface area (Å²) in [5, 5.41) is 14.0. The third kappa shape index (κ3) is 6.98. The Morgan fingerprint density at radius 1 is 1.13 bits per heavy atom. The number of hydrogen-bond acceptors (Lipinski definition) is 6. The van der Waals surface area contributed by atoms with E-state index in [4.69, 9.17) is 9.47 Å². The SMILES string of the molecule is CCOc1ccc(CC(=O)Nc2cc(N(C)C(=O)OC(C)(C)C)ccc2[N+](=O)[O-])cc1. The Kier molecular flexibility index (Phi) is 7.57. The van der Waals surface area contributed by atoms with E-state index in [2.05, 4.69) is 5.32 Å². The summed E-state index contributed by atoms with van der Waals surface area (Å²) < 4.78 is 10.7. The second kappa shape index (κ2) is 9.92. The van der Waals surface area contributed by atoms with Crippen LogP contribution in [-0.4, -0.2) is 36.2 Å². The number of ether oxygens (including phenoxy) is 2. The number of nitrogens with zero attached hydrogens (tertiary/aromatic N) is 2. The molecular weight excluding hydrogens is 402 g/mol. The van der Waals surface area contributed by atoms with Crippen molar-refractivity contribution in [1.82, 2.24) is 0 Å². The molecule has 166 valence electrons. The van der Waals surface area contributed by atoms with Crippen molar-refractivity contribution in [3.63, 3.8) is 0 Å². The van der Waals surface area contributed by atoms with Gasteiger partial charge in [0, 0.05) is 18.8 Å². The van der Waals surface area contributed by atoms with Crippen molar-refractivity contribution < 1.29 is 24.0 Å². The van der Waals surface area contributed by atoms with E-state index in [1.54, 1.807) is 45.0 Å². The van der Waals surface area contributed by atoms with E-state index in [0.717, 1.165) is 5.56 Å². The molecule has 0 saturated heterocycles. The van der Waals surface area contributed by atoms with Gasteiger partial charge in [0.05, 0.1) is 18.0 Å². The number of nitrogens with one attached hydrogen (secondary N) is 1. The lowest BCUT2D eigenvalue weighted by Gasteiger charge is -2.25. The van der Waals surface area contributed by atoms with Crippen LogP contribution in [0.4, 0.5) is 21.9 Å². The Bertz CT molecular complexity index is 951. The lowest BCUT2D eigenvalue weighted by Crippen LogP contribution is -2.34.